The Morgan fingerprint density at radius 2 is 2.10 bits per heavy atom. The minimum Gasteiger partial charge on any atom is -0.454 e. The van der Waals surface area contributed by atoms with E-state index in [0.717, 1.165) is 34.8 Å². The molecule has 31 heavy (non-hydrogen) atoms. The third-order valence-corrected chi connectivity index (χ3v) is 6.79. The first-order valence-electron chi connectivity index (χ1n) is 9.84. The molecule has 2 aliphatic rings. The number of carbonyl (C=O) groups excluding carboxylic acids is 2. The number of anilines is 1. The standard InChI is InChI=1S/C21H20N4O4S2/c26-19(22-8-13-1-2-16-17(7-13)29-12-28-16)10-25-5-3-15-18(9-25)31-21(23-15)24-20(27)14-4-6-30-11-14/h1-2,4,6-7,11H,3,5,8-10,12H2,(H,22,26)(H,23,24,27). The van der Waals surface area contributed by atoms with Gasteiger partial charge in [0.15, 0.2) is 16.6 Å². The first kappa shape index (κ1) is 20.0. The molecule has 0 aliphatic carbocycles. The number of fused-ring (bicyclic) bond motifs is 2. The summed E-state index contributed by atoms with van der Waals surface area (Å²) in [5.74, 6) is 1.26. The minimum absolute atomic E-state index is 0.0309. The number of hydrogen-bond donors (Lipinski definition) is 2. The Kier molecular flexibility index (Phi) is 5.58. The number of nitrogens with one attached hydrogen (secondary N) is 2. The van der Waals surface area contributed by atoms with Gasteiger partial charge in [0.1, 0.15) is 0 Å². The van der Waals surface area contributed by atoms with E-state index in [-0.39, 0.29) is 18.6 Å². The Morgan fingerprint density at radius 3 is 2.97 bits per heavy atom. The van der Waals surface area contributed by atoms with Crippen molar-refractivity contribution < 1.29 is 19.1 Å². The maximum Gasteiger partial charge on any atom is 0.258 e. The summed E-state index contributed by atoms with van der Waals surface area (Å²) in [7, 11) is 0. The van der Waals surface area contributed by atoms with Crippen LogP contribution in [-0.2, 0) is 24.3 Å². The quantitative estimate of drug-likeness (QED) is 0.593. The maximum atomic E-state index is 12.4. The molecule has 2 aliphatic heterocycles. The predicted octanol–water partition coefficient (Wildman–Crippen LogP) is 2.86. The zero-order valence-electron chi connectivity index (χ0n) is 16.6. The molecule has 0 radical (unpaired) electrons. The van der Waals surface area contributed by atoms with Gasteiger partial charge < -0.3 is 14.8 Å². The SMILES string of the molecule is O=C(CN1CCc2nc(NC(=O)c3ccsc3)sc2C1)NCc1ccc2c(c1)OCO2. The van der Waals surface area contributed by atoms with Gasteiger partial charge in [-0.15, -0.1) is 11.3 Å². The second-order valence-corrected chi connectivity index (χ2v) is 9.14. The first-order chi connectivity index (χ1) is 15.1. The average molecular weight is 457 g/mol. The highest BCUT2D eigenvalue weighted by atomic mass is 32.1. The molecule has 0 saturated carbocycles. The Morgan fingerprint density at radius 1 is 1.19 bits per heavy atom. The van der Waals surface area contributed by atoms with Gasteiger partial charge in [0, 0.05) is 36.3 Å². The molecule has 5 rings (SSSR count). The summed E-state index contributed by atoms with van der Waals surface area (Å²) >= 11 is 2.96. The van der Waals surface area contributed by atoms with Crippen LogP contribution in [0.25, 0.3) is 0 Å². The Bertz CT molecular complexity index is 1110. The summed E-state index contributed by atoms with van der Waals surface area (Å²) in [6, 6.07) is 7.45. The summed E-state index contributed by atoms with van der Waals surface area (Å²) in [6.45, 7) is 2.40. The number of hydrogen-bond acceptors (Lipinski definition) is 8. The first-order valence-corrected chi connectivity index (χ1v) is 11.6. The molecule has 0 bridgehead atoms. The van der Waals surface area contributed by atoms with Crippen LogP contribution in [0, 0.1) is 0 Å². The second kappa shape index (κ2) is 8.66. The van der Waals surface area contributed by atoms with Crippen LogP contribution in [0.5, 0.6) is 11.5 Å². The van der Waals surface area contributed by atoms with E-state index in [4.69, 9.17) is 9.47 Å². The molecule has 160 valence electrons. The van der Waals surface area contributed by atoms with Crippen LogP contribution >= 0.6 is 22.7 Å². The van der Waals surface area contributed by atoms with E-state index in [9.17, 15) is 9.59 Å². The van der Waals surface area contributed by atoms with Crippen molar-refractivity contribution >= 4 is 39.6 Å². The largest absolute Gasteiger partial charge is 0.454 e. The summed E-state index contributed by atoms with van der Waals surface area (Å²) in [4.78, 5) is 32.4. The smallest absolute Gasteiger partial charge is 0.258 e. The van der Waals surface area contributed by atoms with Crippen molar-refractivity contribution in [2.45, 2.75) is 19.5 Å². The number of aromatic nitrogens is 1. The summed E-state index contributed by atoms with van der Waals surface area (Å²) in [6.07, 6.45) is 0.760. The van der Waals surface area contributed by atoms with E-state index in [1.165, 1.54) is 22.7 Å². The predicted molar refractivity (Wildman–Crippen MR) is 118 cm³/mol. The molecule has 2 amide bonds. The van der Waals surface area contributed by atoms with Crippen LogP contribution in [-0.4, -0.2) is 41.6 Å². The van der Waals surface area contributed by atoms with E-state index in [1.54, 1.807) is 6.07 Å². The summed E-state index contributed by atoms with van der Waals surface area (Å²) in [5.41, 5.74) is 2.61. The van der Waals surface area contributed by atoms with Crippen LogP contribution in [0.3, 0.4) is 0 Å². The summed E-state index contributed by atoms with van der Waals surface area (Å²) < 4.78 is 10.7. The molecule has 4 heterocycles. The Hall–Kier alpha value is -2.95. The van der Waals surface area contributed by atoms with Gasteiger partial charge in [-0.05, 0) is 29.1 Å². The summed E-state index contributed by atoms with van der Waals surface area (Å²) in [5, 5.41) is 10.1. The fraction of sp³-hybridized carbons (Fsp3) is 0.286. The lowest BCUT2D eigenvalue weighted by atomic mass is 10.2. The molecule has 0 fully saturated rings. The number of ether oxygens (including phenoxy) is 2. The molecule has 3 aromatic rings. The van der Waals surface area contributed by atoms with Gasteiger partial charge in [0.2, 0.25) is 12.7 Å². The maximum absolute atomic E-state index is 12.4. The van der Waals surface area contributed by atoms with Crippen molar-refractivity contribution in [1.29, 1.82) is 0 Å². The third kappa shape index (κ3) is 4.55. The van der Waals surface area contributed by atoms with Crippen LogP contribution in [0.4, 0.5) is 5.13 Å². The van der Waals surface area contributed by atoms with E-state index in [1.807, 2.05) is 29.0 Å². The Balaban J connectivity index is 1.13. The lowest BCUT2D eigenvalue weighted by Crippen LogP contribution is -2.39. The second-order valence-electron chi connectivity index (χ2n) is 7.28. The van der Waals surface area contributed by atoms with Crippen LogP contribution in [0.2, 0.25) is 0 Å². The number of amides is 2. The van der Waals surface area contributed by atoms with Crippen molar-refractivity contribution in [2.24, 2.45) is 0 Å². The number of thiophene rings is 1. The molecule has 0 saturated heterocycles. The van der Waals surface area contributed by atoms with E-state index >= 15 is 0 Å². The van der Waals surface area contributed by atoms with Crippen molar-refractivity contribution in [3.05, 3.63) is 56.7 Å². The molecule has 2 aromatic heterocycles. The fourth-order valence-corrected chi connectivity index (χ4v) is 5.19. The average Bonchev–Trinajstić information content (AvgIpc) is 3.51. The molecule has 0 spiro atoms. The highest BCUT2D eigenvalue weighted by Gasteiger charge is 2.23. The van der Waals surface area contributed by atoms with Gasteiger partial charge in [-0.25, -0.2) is 4.98 Å². The third-order valence-electron chi connectivity index (χ3n) is 5.11. The monoisotopic (exact) mass is 456 g/mol. The highest BCUT2D eigenvalue weighted by molar-refractivity contribution is 7.16. The molecule has 8 nitrogen and oxygen atoms in total. The molecule has 1 aromatic carbocycles. The number of carbonyl (C=O) groups is 2. The molecular weight excluding hydrogens is 436 g/mol. The van der Waals surface area contributed by atoms with E-state index in [0.29, 0.717) is 36.1 Å². The number of benzene rings is 1. The van der Waals surface area contributed by atoms with Gasteiger partial charge in [-0.3, -0.25) is 19.8 Å². The van der Waals surface area contributed by atoms with Gasteiger partial charge in [-0.2, -0.15) is 11.3 Å². The molecule has 10 heteroatoms. The number of nitrogens with zero attached hydrogens (tertiary/aromatic N) is 2. The van der Waals surface area contributed by atoms with Gasteiger partial charge >= 0.3 is 0 Å². The molecule has 2 N–H and O–H groups in total. The number of thiazole rings is 1. The van der Waals surface area contributed by atoms with Crippen molar-refractivity contribution in [3.8, 4) is 11.5 Å². The van der Waals surface area contributed by atoms with E-state index < -0.39 is 0 Å². The topological polar surface area (TPSA) is 92.8 Å². The van der Waals surface area contributed by atoms with Crippen molar-refractivity contribution in [3.63, 3.8) is 0 Å². The van der Waals surface area contributed by atoms with Gasteiger partial charge in [0.25, 0.3) is 5.91 Å². The number of rotatable bonds is 6. The van der Waals surface area contributed by atoms with Crippen LogP contribution < -0.4 is 20.1 Å². The molecule has 0 unspecified atom stereocenters. The lowest BCUT2D eigenvalue weighted by Gasteiger charge is -2.25. The van der Waals surface area contributed by atoms with Crippen LogP contribution in [0.1, 0.15) is 26.5 Å². The Labute approximate surface area is 186 Å². The van der Waals surface area contributed by atoms with Gasteiger partial charge in [-0.1, -0.05) is 6.07 Å². The molecule has 0 atom stereocenters. The van der Waals surface area contributed by atoms with Crippen LogP contribution in [0.15, 0.2) is 35.0 Å². The minimum atomic E-state index is -0.146. The zero-order valence-corrected chi connectivity index (χ0v) is 18.2. The zero-order chi connectivity index (χ0) is 21.2. The van der Waals surface area contributed by atoms with Crippen molar-refractivity contribution in [1.82, 2.24) is 15.2 Å². The lowest BCUT2D eigenvalue weighted by molar-refractivity contribution is -0.122. The fourth-order valence-electron chi connectivity index (χ4n) is 3.51. The van der Waals surface area contributed by atoms with Gasteiger partial charge in [0.05, 0.1) is 17.8 Å². The van der Waals surface area contributed by atoms with Crippen molar-refractivity contribution in [2.75, 3.05) is 25.2 Å². The highest BCUT2D eigenvalue weighted by Crippen LogP contribution is 2.32. The normalized spacial score (nSPS) is 14.8. The van der Waals surface area contributed by atoms with E-state index in [2.05, 4.69) is 20.5 Å². The molecular formula is C21H20N4O4S2.